The molecule has 0 aliphatic rings. The lowest BCUT2D eigenvalue weighted by Gasteiger charge is -2.12. The average Bonchev–Trinajstić information content (AvgIpc) is 2.63. The first kappa shape index (κ1) is 17.8. The number of amides is 1. The second kappa shape index (κ2) is 7.49. The van der Waals surface area contributed by atoms with Gasteiger partial charge in [0.05, 0.1) is 17.6 Å². The van der Waals surface area contributed by atoms with Gasteiger partial charge >= 0.3 is 0 Å². The number of hydrazone groups is 1. The number of carbonyl (C=O) groups is 1. The van der Waals surface area contributed by atoms with E-state index in [0.29, 0.717) is 21.4 Å². The van der Waals surface area contributed by atoms with Gasteiger partial charge in [-0.2, -0.15) is 10.2 Å². The Balaban J connectivity index is 1.97. The van der Waals surface area contributed by atoms with Crippen molar-refractivity contribution >= 4 is 34.5 Å². The number of rotatable bonds is 4. The minimum Gasteiger partial charge on any atom is -0.267 e. The fourth-order valence-electron chi connectivity index (χ4n) is 2.52. The SMILES string of the molecule is CC(C)n1nc(C(=O)N/N=C\c2ccccc2Cl)c2ccccc2c1=O. The van der Waals surface area contributed by atoms with Gasteiger partial charge in [0.1, 0.15) is 0 Å². The Morgan fingerprint density at radius 1 is 1.15 bits per heavy atom. The summed E-state index contributed by atoms with van der Waals surface area (Å²) in [6.07, 6.45) is 1.46. The monoisotopic (exact) mass is 368 g/mol. The molecule has 1 heterocycles. The molecule has 0 aliphatic heterocycles. The third-order valence-electron chi connectivity index (χ3n) is 3.81. The van der Waals surface area contributed by atoms with Crippen LogP contribution >= 0.6 is 11.6 Å². The van der Waals surface area contributed by atoms with Crippen LogP contribution in [0.15, 0.2) is 58.4 Å². The van der Waals surface area contributed by atoms with E-state index >= 15 is 0 Å². The predicted octanol–water partition coefficient (Wildman–Crippen LogP) is 3.39. The van der Waals surface area contributed by atoms with Crippen molar-refractivity contribution in [1.82, 2.24) is 15.2 Å². The van der Waals surface area contributed by atoms with E-state index in [1.165, 1.54) is 10.9 Å². The van der Waals surface area contributed by atoms with Crippen molar-refractivity contribution in [3.8, 4) is 0 Å². The lowest BCUT2D eigenvalue weighted by molar-refractivity contribution is 0.0949. The molecule has 0 aliphatic carbocycles. The Bertz CT molecular complexity index is 1060. The van der Waals surface area contributed by atoms with Crippen molar-refractivity contribution < 1.29 is 4.79 Å². The molecule has 26 heavy (non-hydrogen) atoms. The molecule has 132 valence electrons. The van der Waals surface area contributed by atoms with Gasteiger partial charge in [0.15, 0.2) is 5.69 Å². The van der Waals surface area contributed by atoms with Gasteiger partial charge in [0.25, 0.3) is 11.5 Å². The predicted molar refractivity (Wildman–Crippen MR) is 103 cm³/mol. The van der Waals surface area contributed by atoms with Gasteiger partial charge in [-0.05, 0) is 26.0 Å². The van der Waals surface area contributed by atoms with Gasteiger partial charge in [0.2, 0.25) is 0 Å². The third-order valence-corrected chi connectivity index (χ3v) is 4.15. The highest BCUT2D eigenvalue weighted by molar-refractivity contribution is 6.33. The molecule has 1 amide bonds. The molecule has 7 heteroatoms. The Morgan fingerprint density at radius 3 is 2.50 bits per heavy atom. The maximum atomic E-state index is 12.6. The number of fused-ring (bicyclic) bond motifs is 1. The topological polar surface area (TPSA) is 76.3 Å². The van der Waals surface area contributed by atoms with Crippen LogP contribution in [-0.2, 0) is 0 Å². The van der Waals surface area contributed by atoms with Crippen molar-refractivity contribution in [2.45, 2.75) is 19.9 Å². The largest absolute Gasteiger partial charge is 0.292 e. The molecular weight excluding hydrogens is 352 g/mol. The van der Waals surface area contributed by atoms with Gasteiger partial charge in [-0.25, -0.2) is 10.1 Å². The molecular formula is C19H17ClN4O2. The molecule has 2 aromatic carbocycles. The highest BCUT2D eigenvalue weighted by atomic mass is 35.5. The van der Waals surface area contributed by atoms with Gasteiger partial charge < -0.3 is 0 Å². The number of nitrogens with one attached hydrogen (secondary N) is 1. The molecule has 0 spiro atoms. The Kier molecular flexibility index (Phi) is 5.14. The third kappa shape index (κ3) is 3.50. The molecule has 0 unspecified atom stereocenters. The average molecular weight is 369 g/mol. The molecule has 0 bridgehead atoms. The van der Waals surface area contributed by atoms with E-state index in [1.807, 2.05) is 26.0 Å². The summed E-state index contributed by atoms with van der Waals surface area (Å²) in [5.41, 5.74) is 3.04. The molecule has 0 fully saturated rings. The number of hydrogen-bond donors (Lipinski definition) is 1. The van der Waals surface area contributed by atoms with Crippen LogP contribution in [0, 0.1) is 0 Å². The molecule has 6 nitrogen and oxygen atoms in total. The zero-order valence-electron chi connectivity index (χ0n) is 14.3. The fraction of sp³-hybridized carbons (Fsp3) is 0.158. The van der Waals surface area contributed by atoms with Crippen LogP contribution in [0.3, 0.4) is 0 Å². The minimum atomic E-state index is -0.501. The molecule has 0 radical (unpaired) electrons. The van der Waals surface area contributed by atoms with E-state index in [0.717, 1.165) is 0 Å². The summed E-state index contributed by atoms with van der Waals surface area (Å²) >= 11 is 6.05. The van der Waals surface area contributed by atoms with Gasteiger partial charge in [-0.1, -0.05) is 48.0 Å². The number of nitrogens with zero attached hydrogens (tertiary/aromatic N) is 3. The van der Waals surface area contributed by atoms with Crippen LogP contribution < -0.4 is 11.0 Å². The molecule has 3 aromatic rings. The molecule has 1 N–H and O–H groups in total. The van der Waals surface area contributed by atoms with Crippen LogP contribution in [0.5, 0.6) is 0 Å². The van der Waals surface area contributed by atoms with Crippen molar-refractivity contribution in [2.75, 3.05) is 0 Å². The van der Waals surface area contributed by atoms with Gasteiger partial charge in [-0.15, -0.1) is 0 Å². The highest BCUT2D eigenvalue weighted by Crippen LogP contribution is 2.15. The van der Waals surface area contributed by atoms with Crippen molar-refractivity contribution in [3.63, 3.8) is 0 Å². The molecule has 0 saturated heterocycles. The molecule has 0 saturated carbocycles. The summed E-state index contributed by atoms with van der Waals surface area (Å²) in [5, 5.41) is 9.64. The zero-order chi connectivity index (χ0) is 18.7. The van der Waals surface area contributed by atoms with Crippen molar-refractivity contribution in [3.05, 3.63) is 75.2 Å². The number of aromatic nitrogens is 2. The van der Waals surface area contributed by atoms with Gasteiger partial charge in [-0.3, -0.25) is 9.59 Å². The molecule has 1 aromatic heterocycles. The van der Waals surface area contributed by atoms with E-state index in [9.17, 15) is 9.59 Å². The highest BCUT2D eigenvalue weighted by Gasteiger charge is 2.17. The second-order valence-corrected chi connectivity index (χ2v) is 6.37. The smallest absolute Gasteiger partial charge is 0.267 e. The maximum absolute atomic E-state index is 12.6. The van der Waals surface area contributed by atoms with Crippen LogP contribution in [0.1, 0.15) is 35.9 Å². The molecule has 3 rings (SSSR count). The van der Waals surface area contributed by atoms with Crippen molar-refractivity contribution in [2.24, 2.45) is 5.10 Å². The lowest BCUT2D eigenvalue weighted by Crippen LogP contribution is -2.30. The van der Waals surface area contributed by atoms with Crippen LogP contribution in [0.4, 0.5) is 0 Å². The number of carbonyl (C=O) groups excluding carboxylic acids is 1. The van der Waals surface area contributed by atoms with Crippen LogP contribution in [0.25, 0.3) is 10.8 Å². The van der Waals surface area contributed by atoms with E-state index in [2.05, 4.69) is 15.6 Å². The Labute approximate surface area is 155 Å². The number of hydrogen-bond acceptors (Lipinski definition) is 4. The van der Waals surface area contributed by atoms with E-state index < -0.39 is 5.91 Å². The summed E-state index contributed by atoms with van der Waals surface area (Å²) < 4.78 is 1.30. The van der Waals surface area contributed by atoms with E-state index in [-0.39, 0.29) is 17.3 Å². The zero-order valence-corrected chi connectivity index (χ0v) is 15.1. The summed E-state index contributed by atoms with van der Waals surface area (Å²) in [5.74, 6) is -0.501. The van der Waals surface area contributed by atoms with Gasteiger partial charge in [0, 0.05) is 16.0 Å². The Hall–Kier alpha value is -2.99. The normalized spacial score (nSPS) is 11.4. The van der Waals surface area contributed by atoms with Crippen molar-refractivity contribution in [1.29, 1.82) is 0 Å². The van der Waals surface area contributed by atoms with Crippen LogP contribution in [-0.4, -0.2) is 21.9 Å². The summed E-state index contributed by atoms with van der Waals surface area (Å²) in [4.78, 5) is 25.1. The quantitative estimate of drug-likeness (QED) is 0.566. The minimum absolute atomic E-state index is 0.144. The lowest BCUT2D eigenvalue weighted by atomic mass is 10.1. The summed E-state index contributed by atoms with van der Waals surface area (Å²) in [6.45, 7) is 3.67. The maximum Gasteiger partial charge on any atom is 0.292 e. The first-order chi connectivity index (χ1) is 12.5. The Morgan fingerprint density at radius 2 is 1.81 bits per heavy atom. The first-order valence-corrected chi connectivity index (χ1v) is 8.46. The summed E-state index contributed by atoms with van der Waals surface area (Å²) in [6, 6.07) is 13.9. The number of halogens is 1. The second-order valence-electron chi connectivity index (χ2n) is 5.96. The first-order valence-electron chi connectivity index (χ1n) is 8.08. The van der Waals surface area contributed by atoms with Crippen LogP contribution in [0.2, 0.25) is 5.02 Å². The number of benzene rings is 2. The van der Waals surface area contributed by atoms with E-state index in [4.69, 9.17) is 11.6 Å². The van der Waals surface area contributed by atoms with E-state index in [1.54, 1.807) is 36.4 Å². The standard InChI is InChI=1S/C19H17ClN4O2/c1-12(2)24-19(26)15-9-5-4-8-14(15)17(23-24)18(25)22-21-11-13-7-3-6-10-16(13)20/h3-12H,1-2H3,(H,22,25)/b21-11-. The fourth-order valence-corrected chi connectivity index (χ4v) is 2.70. The summed E-state index contributed by atoms with van der Waals surface area (Å²) in [7, 11) is 0. The molecule has 0 atom stereocenters.